The van der Waals surface area contributed by atoms with E-state index < -0.39 is 11.8 Å². The third-order valence-corrected chi connectivity index (χ3v) is 3.40. The van der Waals surface area contributed by atoms with Gasteiger partial charge in [0.15, 0.2) is 5.82 Å². The van der Waals surface area contributed by atoms with Gasteiger partial charge in [-0.15, -0.1) is 0 Å². The van der Waals surface area contributed by atoms with E-state index in [9.17, 15) is 9.18 Å². The average Bonchev–Trinajstić information content (AvgIpc) is 2.54. The van der Waals surface area contributed by atoms with E-state index in [0.717, 1.165) is 18.4 Å². The quantitative estimate of drug-likeness (QED) is 0.667. The van der Waals surface area contributed by atoms with E-state index in [4.69, 9.17) is 7.62 Å². The highest BCUT2D eigenvalue weighted by molar-refractivity contribution is 14.1. The van der Waals surface area contributed by atoms with Crippen LogP contribution in [-0.4, -0.2) is 20.0 Å². The fourth-order valence-electron chi connectivity index (χ4n) is 1.69. The first-order valence-corrected chi connectivity index (χ1v) is 5.99. The smallest absolute Gasteiger partial charge is 0.353 e. The van der Waals surface area contributed by atoms with E-state index >= 15 is 0 Å². The number of nitrogens with zero attached hydrogens (tertiary/aromatic N) is 2. The largest absolute Gasteiger partial charge is 0.477 e. The molecule has 8 heteroatoms. The second-order valence-corrected chi connectivity index (χ2v) is 4.95. The van der Waals surface area contributed by atoms with Crippen molar-refractivity contribution >= 4 is 52.1 Å². The molecule has 90 valence electrons. The predicted molar refractivity (Wildman–Crippen MR) is 69.5 cm³/mol. The summed E-state index contributed by atoms with van der Waals surface area (Å²) in [6.07, 6.45) is 2.46. The molecule has 2 rings (SSSR count). The van der Waals surface area contributed by atoms with Crippen LogP contribution in [0.4, 0.5) is 4.39 Å². The van der Waals surface area contributed by atoms with Gasteiger partial charge < -0.3 is 5.11 Å². The Balaban J connectivity index is 2.87. The number of fused-ring (bicyclic) bond motifs is 1. The number of hydrogen-bond acceptors (Lipinski definition) is 4. The van der Waals surface area contributed by atoms with Crippen LogP contribution in [-0.2, 0) is 2.51 Å². The van der Waals surface area contributed by atoms with Gasteiger partial charge in [-0.1, -0.05) is 0 Å². The fraction of sp³-hybridized carbons (Fsp3) is 0.111. The first kappa shape index (κ1) is 12.6. The molecule has 0 aromatic carbocycles. The average molecular weight is 368 g/mol. The molecule has 0 fully saturated rings. The minimum Gasteiger partial charge on any atom is -0.477 e. The van der Waals surface area contributed by atoms with Crippen molar-refractivity contribution in [3.8, 4) is 0 Å². The third kappa shape index (κ3) is 2.00. The van der Waals surface area contributed by atoms with Crippen LogP contribution >= 0.6 is 35.2 Å². The maximum atomic E-state index is 13.6. The van der Waals surface area contributed by atoms with E-state index in [0.29, 0.717) is 11.1 Å². The highest BCUT2D eigenvalue weighted by Gasteiger charge is 2.22. The molecule has 2 aromatic heterocycles. The lowest BCUT2D eigenvalue weighted by molar-refractivity contribution is 0.0689. The van der Waals surface area contributed by atoms with Crippen LogP contribution in [0.25, 0.3) is 10.9 Å². The van der Waals surface area contributed by atoms with Crippen molar-refractivity contribution in [3.05, 3.63) is 29.5 Å². The van der Waals surface area contributed by atoms with E-state index in [-0.39, 0.29) is 11.1 Å². The molecule has 0 atom stereocenters. The summed E-state index contributed by atoms with van der Waals surface area (Å²) in [5, 5.41) is 9.38. The molecular weight excluding hydrogens is 362 g/mol. The van der Waals surface area contributed by atoms with Gasteiger partial charge >= 0.3 is 5.97 Å². The van der Waals surface area contributed by atoms with Gasteiger partial charge in [-0.25, -0.2) is 11.7 Å². The molecule has 0 aliphatic rings. The summed E-state index contributed by atoms with van der Waals surface area (Å²) in [5.74, 6) is -1.69. The van der Waals surface area contributed by atoms with Gasteiger partial charge in [-0.2, -0.15) is 0 Å². The summed E-state index contributed by atoms with van der Waals surface area (Å²) >= 11 is 2.42. The van der Waals surface area contributed by atoms with Crippen LogP contribution in [0.1, 0.15) is 16.1 Å². The summed E-state index contributed by atoms with van der Waals surface area (Å²) in [7, 11) is 0. The number of carboxylic acids is 1. The Morgan fingerprint density at radius 2 is 2.35 bits per heavy atom. The number of rotatable bonds is 3. The molecule has 0 amide bonds. The van der Waals surface area contributed by atoms with Gasteiger partial charge in [0.25, 0.3) is 0 Å². The van der Waals surface area contributed by atoms with Crippen LogP contribution in [0.15, 0.2) is 12.4 Å². The minimum absolute atomic E-state index is 0.0198. The molecule has 0 bridgehead atoms. The highest BCUT2D eigenvalue weighted by Crippen LogP contribution is 2.31. The Morgan fingerprint density at radius 1 is 1.65 bits per heavy atom. The number of carbonyl (C=O) groups is 1. The van der Waals surface area contributed by atoms with Crippen LogP contribution in [0.3, 0.4) is 0 Å². The zero-order chi connectivity index (χ0) is 12.6. The highest BCUT2D eigenvalue weighted by atomic mass is 127. The molecule has 0 aliphatic heterocycles. The van der Waals surface area contributed by atoms with Gasteiger partial charge in [0.2, 0.25) is 0 Å². The van der Waals surface area contributed by atoms with Crippen molar-refractivity contribution in [3.63, 3.8) is 0 Å². The van der Waals surface area contributed by atoms with Gasteiger partial charge in [0.05, 0.1) is 17.9 Å². The van der Waals surface area contributed by atoms with Crippen molar-refractivity contribution in [1.82, 2.24) is 8.96 Å². The number of hydrogen-bond donors (Lipinski definition) is 1. The summed E-state index contributed by atoms with van der Waals surface area (Å²) in [6.45, 7) is 1.55. The third-order valence-electron chi connectivity index (χ3n) is 2.34. The van der Waals surface area contributed by atoms with Crippen LogP contribution in [0, 0.1) is 12.7 Å². The van der Waals surface area contributed by atoms with Crippen molar-refractivity contribution < 1.29 is 16.8 Å². The Hall–Kier alpha value is -0.870. The molecule has 0 saturated carbocycles. The monoisotopic (exact) mass is 368 g/mol. The van der Waals surface area contributed by atoms with Gasteiger partial charge in [0.1, 0.15) is 40.9 Å². The lowest BCUT2D eigenvalue weighted by Gasteiger charge is -2.02. The molecule has 0 spiro atoms. The summed E-state index contributed by atoms with van der Waals surface area (Å²) in [6, 6.07) is 0. The Bertz CT molecular complexity index is 601. The van der Waals surface area contributed by atoms with Gasteiger partial charge in [-0.05, 0) is 12.5 Å². The predicted octanol–water partition coefficient (Wildman–Crippen LogP) is 2.96. The van der Waals surface area contributed by atoms with Crippen LogP contribution in [0.5, 0.6) is 0 Å². The molecule has 2 heterocycles. The van der Waals surface area contributed by atoms with Gasteiger partial charge in [-0.3, -0.25) is 8.96 Å². The summed E-state index contributed by atoms with van der Waals surface area (Å²) in [4.78, 5) is 14.9. The topological polar surface area (TPSA) is 64.3 Å². The molecule has 1 N–H and O–H groups in total. The zero-order valence-electron chi connectivity index (χ0n) is 8.48. The summed E-state index contributed by atoms with van der Waals surface area (Å²) < 4.78 is 19.7. The molecule has 2 aromatic rings. The number of aromatic carboxylic acids is 1. The Kier molecular flexibility index (Phi) is 3.54. The SMILES string of the molecule is Cc1c(C(=O)O)n(SOI)c2cncc(F)c12. The zero-order valence-corrected chi connectivity index (χ0v) is 11.5. The molecule has 5 nitrogen and oxygen atoms in total. The Morgan fingerprint density at radius 3 is 2.94 bits per heavy atom. The number of aromatic nitrogens is 2. The van der Waals surface area contributed by atoms with Crippen molar-refractivity contribution in [1.29, 1.82) is 0 Å². The second kappa shape index (κ2) is 4.78. The molecule has 0 aliphatic carbocycles. The fourth-order valence-corrected chi connectivity index (χ4v) is 2.74. The normalized spacial score (nSPS) is 11.0. The first-order valence-electron chi connectivity index (χ1n) is 4.41. The van der Waals surface area contributed by atoms with Crippen molar-refractivity contribution in [2.24, 2.45) is 0 Å². The molecule has 0 radical (unpaired) electrons. The van der Waals surface area contributed by atoms with Crippen LogP contribution < -0.4 is 0 Å². The molecule has 0 saturated heterocycles. The number of halogens is 2. The standard InChI is InChI=1S/C9H6FIN2O3S/c1-4-7-5(10)2-12-3-6(7)13(17-16-11)8(4)9(14)15/h2-3H,1H3,(H,14,15). The Labute approximate surface area is 114 Å². The number of aryl methyl sites for hydroxylation is 1. The molecule has 17 heavy (non-hydrogen) atoms. The lowest BCUT2D eigenvalue weighted by atomic mass is 10.2. The molecule has 0 unspecified atom stereocenters. The lowest BCUT2D eigenvalue weighted by Crippen LogP contribution is -2.04. The van der Waals surface area contributed by atoms with E-state index in [1.165, 1.54) is 10.2 Å². The molecular formula is C9H6FIN2O3S. The van der Waals surface area contributed by atoms with Crippen LogP contribution in [0.2, 0.25) is 0 Å². The number of pyridine rings is 1. The second-order valence-electron chi connectivity index (χ2n) is 3.23. The van der Waals surface area contributed by atoms with Gasteiger partial charge in [0, 0.05) is 5.39 Å². The maximum Gasteiger partial charge on any atom is 0.353 e. The summed E-state index contributed by atoms with van der Waals surface area (Å²) in [5.41, 5.74) is 0.712. The first-order chi connectivity index (χ1) is 8.07. The minimum atomic E-state index is -1.14. The van der Waals surface area contributed by atoms with E-state index in [1.807, 2.05) is 0 Å². The maximum absolute atomic E-state index is 13.6. The van der Waals surface area contributed by atoms with Crippen molar-refractivity contribution in [2.45, 2.75) is 6.92 Å². The number of carboxylic acid groups (broad SMARTS) is 1. The van der Waals surface area contributed by atoms with Crippen molar-refractivity contribution in [2.75, 3.05) is 0 Å². The van der Waals surface area contributed by atoms with E-state index in [1.54, 1.807) is 29.9 Å². The van der Waals surface area contributed by atoms with E-state index in [2.05, 4.69) is 4.98 Å².